The molecule has 124 valence electrons. The van der Waals surface area contributed by atoms with Crippen molar-refractivity contribution in [2.24, 2.45) is 10.7 Å². The van der Waals surface area contributed by atoms with Crippen molar-refractivity contribution >= 4 is 35.8 Å². The van der Waals surface area contributed by atoms with Crippen LogP contribution in [0, 0.1) is 0 Å². The molecule has 0 spiro atoms. The highest BCUT2D eigenvalue weighted by molar-refractivity contribution is 14.0. The number of carbonyl (C=O) groups is 1. The molecule has 22 heavy (non-hydrogen) atoms. The quantitative estimate of drug-likeness (QED) is 0.272. The van der Waals surface area contributed by atoms with Crippen molar-refractivity contribution in [1.82, 2.24) is 10.6 Å². The van der Waals surface area contributed by atoms with Crippen molar-refractivity contribution in [2.75, 3.05) is 20.2 Å². The van der Waals surface area contributed by atoms with Gasteiger partial charge in [0.1, 0.15) is 5.75 Å². The molecule has 0 aliphatic rings. The molecule has 4 N–H and O–H groups in total. The maximum Gasteiger partial charge on any atom is 0.251 e. The van der Waals surface area contributed by atoms with E-state index >= 15 is 0 Å². The summed E-state index contributed by atoms with van der Waals surface area (Å²) in [6.45, 7) is 4.97. The van der Waals surface area contributed by atoms with E-state index in [0.29, 0.717) is 36.4 Å². The maximum atomic E-state index is 11.9. The largest absolute Gasteiger partial charge is 0.497 e. The number of nitrogens with zero attached hydrogens (tertiary/aromatic N) is 1. The number of ether oxygens (including phenoxy) is 1. The van der Waals surface area contributed by atoms with Crippen molar-refractivity contribution in [3.8, 4) is 5.75 Å². The van der Waals surface area contributed by atoms with Crippen molar-refractivity contribution in [2.45, 2.75) is 26.3 Å². The highest BCUT2D eigenvalue weighted by Crippen LogP contribution is 2.12. The van der Waals surface area contributed by atoms with Crippen LogP contribution in [-0.4, -0.2) is 38.1 Å². The van der Waals surface area contributed by atoms with E-state index in [9.17, 15) is 4.79 Å². The summed E-state index contributed by atoms with van der Waals surface area (Å²) in [4.78, 5) is 16.1. The van der Waals surface area contributed by atoms with Crippen LogP contribution in [0.5, 0.6) is 5.75 Å². The van der Waals surface area contributed by atoms with Gasteiger partial charge in [0, 0.05) is 18.2 Å². The molecule has 1 rings (SSSR count). The Hall–Kier alpha value is -1.51. The second-order valence-electron chi connectivity index (χ2n) is 4.71. The second-order valence-corrected chi connectivity index (χ2v) is 4.71. The predicted octanol–water partition coefficient (Wildman–Crippen LogP) is 1.75. The molecule has 1 aromatic rings. The first-order valence-corrected chi connectivity index (χ1v) is 7.05. The fraction of sp³-hybridized carbons (Fsp3) is 0.467. The van der Waals surface area contributed by atoms with E-state index in [1.165, 1.54) is 0 Å². The highest BCUT2D eigenvalue weighted by Gasteiger charge is 2.05. The van der Waals surface area contributed by atoms with Gasteiger partial charge in [0.05, 0.1) is 13.7 Å². The van der Waals surface area contributed by atoms with Crippen molar-refractivity contribution < 1.29 is 9.53 Å². The average Bonchev–Trinajstić information content (AvgIpc) is 2.51. The van der Waals surface area contributed by atoms with Crippen LogP contribution in [0.25, 0.3) is 0 Å². The topological polar surface area (TPSA) is 88.7 Å². The lowest BCUT2D eigenvalue weighted by atomic mass is 10.2. The van der Waals surface area contributed by atoms with Gasteiger partial charge in [-0.25, -0.2) is 0 Å². The third kappa shape index (κ3) is 7.48. The van der Waals surface area contributed by atoms with Crippen LogP contribution >= 0.6 is 24.0 Å². The van der Waals surface area contributed by atoms with E-state index in [4.69, 9.17) is 10.5 Å². The first kappa shape index (κ1) is 20.5. The van der Waals surface area contributed by atoms with Crippen molar-refractivity contribution in [3.63, 3.8) is 0 Å². The molecule has 1 amide bonds. The Balaban J connectivity index is 0.00000441. The van der Waals surface area contributed by atoms with Gasteiger partial charge in [-0.05, 0) is 31.5 Å². The zero-order valence-electron chi connectivity index (χ0n) is 13.3. The number of carbonyl (C=O) groups excluding carboxylic acids is 1. The summed E-state index contributed by atoms with van der Waals surface area (Å²) in [7, 11) is 1.57. The average molecular weight is 420 g/mol. The minimum absolute atomic E-state index is 0. The summed E-state index contributed by atoms with van der Waals surface area (Å²) in [5.41, 5.74) is 6.29. The lowest BCUT2D eigenvalue weighted by molar-refractivity contribution is 0.0954. The molecule has 0 aromatic heterocycles. The number of hydrogen-bond acceptors (Lipinski definition) is 3. The molecular formula is C15H25IN4O2. The van der Waals surface area contributed by atoms with Gasteiger partial charge in [-0.2, -0.15) is 0 Å². The summed E-state index contributed by atoms with van der Waals surface area (Å²) < 4.78 is 5.08. The third-order valence-corrected chi connectivity index (χ3v) is 3.02. The second kappa shape index (κ2) is 11.1. The molecule has 0 aliphatic carbocycles. The Morgan fingerprint density at radius 1 is 1.45 bits per heavy atom. The molecule has 0 bridgehead atoms. The van der Waals surface area contributed by atoms with Crippen LogP contribution in [-0.2, 0) is 0 Å². The fourth-order valence-electron chi connectivity index (χ4n) is 1.61. The number of amides is 1. The van der Waals surface area contributed by atoms with Gasteiger partial charge in [0.25, 0.3) is 5.91 Å². The van der Waals surface area contributed by atoms with Gasteiger partial charge in [0.2, 0.25) is 0 Å². The Kier molecular flexibility index (Phi) is 10.3. The zero-order chi connectivity index (χ0) is 15.7. The number of benzene rings is 1. The molecule has 0 saturated carbocycles. The molecule has 0 radical (unpaired) electrons. The van der Waals surface area contributed by atoms with E-state index in [1.807, 2.05) is 6.92 Å². The van der Waals surface area contributed by atoms with Gasteiger partial charge < -0.3 is 21.1 Å². The predicted molar refractivity (Wildman–Crippen MR) is 100 cm³/mol. The van der Waals surface area contributed by atoms with Gasteiger partial charge >= 0.3 is 0 Å². The van der Waals surface area contributed by atoms with Crippen molar-refractivity contribution in [3.05, 3.63) is 29.8 Å². The Labute approximate surface area is 148 Å². The molecule has 0 heterocycles. The number of hydrogen-bond donors (Lipinski definition) is 3. The van der Waals surface area contributed by atoms with Gasteiger partial charge in [-0.15, -0.1) is 24.0 Å². The van der Waals surface area contributed by atoms with Crippen LogP contribution in [0.3, 0.4) is 0 Å². The zero-order valence-corrected chi connectivity index (χ0v) is 15.6. The normalized spacial score (nSPS) is 12.0. The number of methoxy groups -OCH3 is 1. The number of guanidine groups is 1. The molecule has 1 unspecified atom stereocenters. The Morgan fingerprint density at radius 2 is 2.18 bits per heavy atom. The number of nitrogens with one attached hydrogen (secondary N) is 2. The monoisotopic (exact) mass is 420 g/mol. The fourth-order valence-corrected chi connectivity index (χ4v) is 1.61. The van der Waals surface area contributed by atoms with Crippen LogP contribution in [0.4, 0.5) is 0 Å². The summed E-state index contributed by atoms with van der Waals surface area (Å²) in [6.07, 6.45) is 0.975. The minimum Gasteiger partial charge on any atom is -0.497 e. The molecule has 1 aromatic carbocycles. The molecule has 0 saturated heterocycles. The van der Waals surface area contributed by atoms with Crippen LogP contribution in [0.15, 0.2) is 29.3 Å². The Morgan fingerprint density at radius 3 is 2.82 bits per heavy atom. The standard InChI is InChI=1S/C15H24N4O2.HI/c1-4-11(2)19-15(16)18-9-8-17-14(20)12-6-5-7-13(10-12)21-3;/h5-7,10-11H,4,8-9H2,1-3H3,(H,17,20)(H3,16,18,19);1H. The maximum absolute atomic E-state index is 11.9. The number of nitrogens with two attached hydrogens (primary N) is 1. The lowest BCUT2D eigenvalue weighted by Gasteiger charge is -2.11. The summed E-state index contributed by atoms with van der Waals surface area (Å²) in [5, 5.41) is 5.85. The van der Waals surface area contributed by atoms with Crippen LogP contribution in [0.1, 0.15) is 30.6 Å². The molecule has 6 nitrogen and oxygen atoms in total. The van der Waals surface area contributed by atoms with Crippen molar-refractivity contribution in [1.29, 1.82) is 0 Å². The molecular weight excluding hydrogens is 395 g/mol. The minimum atomic E-state index is -0.155. The SMILES string of the molecule is CCC(C)NC(N)=NCCNC(=O)c1cccc(OC)c1.I. The molecule has 0 fully saturated rings. The third-order valence-electron chi connectivity index (χ3n) is 3.02. The summed E-state index contributed by atoms with van der Waals surface area (Å²) >= 11 is 0. The van der Waals surface area contributed by atoms with Gasteiger partial charge in [-0.1, -0.05) is 13.0 Å². The smallest absolute Gasteiger partial charge is 0.251 e. The highest BCUT2D eigenvalue weighted by atomic mass is 127. The van der Waals surface area contributed by atoms with Gasteiger partial charge in [-0.3, -0.25) is 9.79 Å². The van der Waals surface area contributed by atoms with Gasteiger partial charge in [0.15, 0.2) is 5.96 Å². The first-order valence-electron chi connectivity index (χ1n) is 7.05. The van der Waals surface area contributed by atoms with Crippen LogP contribution < -0.4 is 21.1 Å². The molecule has 7 heteroatoms. The van der Waals surface area contributed by atoms with Crippen LogP contribution in [0.2, 0.25) is 0 Å². The molecule has 1 atom stereocenters. The van der Waals surface area contributed by atoms with E-state index in [0.717, 1.165) is 6.42 Å². The van der Waals surface area contributed by atoms with E-state index in [1.54, 1.807) is 31.4 Å². The van der Waals surface area contributed by atoms with E-state index < -0.39 is 0 Å². The van der Waals surface area contributed by atoms with E-state index in [-0.39, 0.29) is 29.9 Å². The Bertz CT molecular complexity index is 494. The number of halogens is 1. The first-order chi connectivity index (χ1) is 10.1. The summed E-state index contributed by atoms with van der Waals surface area (Å²) in [5.74, 6) is 0.903. The number of rotatable bonds is 7. The molecule has 0 aliphatic heterocycles. The van der Waals surface area contributed by atoms with E-state index in [2.05, 4.69) is 22.5 Å². The number of aliphatic imine (C=N–C) groups is 1. The lowest BCUT2D eigenvalue weighted by Crippen LogP contribution is -2.38. The summed E-state index contributed by atoms with van der Waals surface area (Å²) in [6, 6.07) is 7.29.